The van der Waals surface area contributed by atoms with Crippen molar-refractivity contribution in [2.75, 3.05) is 0 Å². The molecule has 0 radical (unpaired) electrons. The zero-order valence-corrected chi connectivity index (χ0v) is 6.52. The molecular weight excluding hydrogens is 120 g/mol. The van der Waals surface area contributed by atoms with Gasteiger partial charge in [0.25, 0.3) is 0 Å². The molecule has 0 aromatic heterocycles. The van der Waals surface area contributed by atoms with Crippen LogP contribution in [0.1, 0.15) is 20.3 Å². The number of hydrogen-bond acceptors (Lipinski definition) is 0. The third-order valence-corrected chi connectivity index (χ3v) is 1.89. The Morgan fingerprint density at radius 2 is 2.40 bits per heavy atom. The van der Waals surface area contributed by atoms with Crippen LogP contribution in [0.4, 0.5) is 0 Å². The molecule has 0 aromatic carbocycles. The quantitative estimate of drug-likeness (QED) is 0.444. The molecule has 0 heteroatoms. The van der Waals surface area contributed by atoms with E-state index in [0.717, 1.165) is 6.42 Å². The summed E-state index contributed by atoms with van der Waals surface area (Å²) in [7, 11) is 0. The topological polar surface area (TPSA) is 0 Å². The lowest BCUT2D eigenvalue weighted by Crippen LogP contribution is -2.10. The summed E-state index contributed by atoms with van der Waals surface area (Å²) in [5.74, 6) is 2.77. The van der Waals surface area contributed by atoms with E-state index in [0.29, 0.717) is 0 Å². The number of terminal acetylenes is 1. The first-order valence-electron chi connectivity index (χ1n) is 3.50. The normalized spacial score (nSPS) is 31.1. The highest BCUT2D eigenvalue weighted by Gasteiger charge is 2.17. The van der Waals surface area contributed by atoms with Gasteiger partial charge < -0.3 is 0 Å². The van der Waals surface area contributed by atoms with E-state index in [4.69, 9.17) is 6.42 Å². The molecule has 1 aliphatic rings. The summed E-state index contributed by atoms with van der Waals surface area (Å²) in [6.45, 7) is 4.17. The minimum atomic E-state index is -0.0283. The lowest BCUT2D eigenvalue weighted by molar-refractivity contribution is 0.579. The van der Waals surface area contributed by atoms with Crippen LogP contribution < -0.4 is 0 Å². The van der Waals surface area contributed by atoms with E-state index in [9.17, 15) is 0 Å². The van der Waals surface area contributed by atoms with Crippen LogP contribution in [0, 0.1) is 17.8 Å². The Balaban J connectivity index is 2.80. The first-order valence-corrected chi connectivity index (χ1v) is 3.50. The second-order valence-corrected chi connectivity index (χ2v) is 3.05. The Morgan fingerprint density at radius 3 is 2.80 bits per heavy atom. The third-order valence-electron chi connectivity index (χ3n) is 1.89. The standard InChI is InChI=1S/C10H12/c1-4-10(3)7-5-9(2)6-8-10/h1,5-7H,8H2,2-3H3. The van der Waals surface area contributed by atoms with Crippen LogP contribution in [0.3, 0.4) is 0 Å². The maximum atomic E-state index is 5.35. The molecule has 0 aliphatic heterocycles. The van der Waals surface area contributed by atoms with E-state index in [1.165, 1.54) is 5.57 Å². The molecule has 1 atom stereocenters. The van der Waals surface area contributed by atoms with Gasteiger partial charge in [-0.1, -0.05) is 29.7 Å². The highest BCUT2D eigenvalue weighted by molar-refractivity contribution is 5.29. The van der Waals surface area contributed by atoms with Gasteiger partial charge >= 0.3 is 0 Å². The predicted octanol–water partition coefficient (Wildman–Crippen LogP) is 2.53. The summed E-state index contributed by atoms with van der Waals surface area (Å²) in [5.41, 5.74) is 1.28. The molecule has 0 nitrogen and oxygen atoms in total. The first-order chi connectivity index (χ1) is 4.66. The van der Waals surface area contributed by atoms with Crippen molar-refractivity contribution in [3.05, 3.63) is 23.8 Å². The molecule has 1 rings (SSSR count). The van der Waals surface area contributed by atoms with Crippen LogP contribution in [0.15, 0.2) is 23.8 Å². The summed E-state index contributed by atoms with van der Waals surface area (Å²) in [4.78, 5) is 0. The summed E-state index contributed by atoms with van der Waals surface area (Å²) >= 11 is 0. The van der Waals surface area contributed by atoms with Gasteiger partial charge in [-0.15, -0.1) is 6.42 Å². The lowest BCUT2D eigenvalue weighted by atomic mass is 9.83. The van der Waals surface area contributed by atoms with E-state index >= 15 is 0 Å². The van der Waals surface area contributed by atoms with Crippen molar-refractivity contribution in [1.29, 1.82) is 0 Å². The van der Waals surface area contributed by atoms with E-state index < -0.39 is 0 Å². The summed E-state index contributed by atoms with van der Waals surface area (Å²) in [5, 5.41) is 0. The molecule has 0 amide bonds. The van der Waals surface area contributed by atoms with Crippen LogP contribution in [-0.4, -0.2) is 0 Å². The zero-order valence-electron chi connectivity index (χ0n) is 6.52. The molecule has 0 spiro atoms. The first kappa shape index (κ1) is 7.15. The fourth-order valence-corrected chi connectivity index (χ4v) is 0.931. The molecule has 0 heterocycles. The van der Waals surface area contributed by atoms with E-state index in [-0.39, 0.29) is 5.41 Å². The van der Waals surface area contributed by atoms with Crippen LogP contribution in [0.25, 0.3) is 0 Å². The monoisotopic (exact) mass is 132 g/mol. The molecule has 0 fully saturated rings. The number of hydrogen-bond donors (Lipinski definition) is 0. The summed E-state index contributed by atoms with van der Waals surface area (Å²) < 4.78 is 0. The molecule has 0 bridgehead atoms. The Bertz CT molecular complexity index is 225. The zero-order chi connectivity index (χ0) is 7.61. The minimum absolute atomic E-state index is 0.0283. The van der Waals surface area contributed by atoms with Gasteiger partial charge in [0.15, 0.2) is 0 Å². The molecule has 52 valence electrons. The summed E-state index contributed by atoms with van der Waals surface area (Å²) in [6.07, 6.45) is 12.7. The Kier molecular flexibility index (Phi) is 1.68. The maximum Gasteiger partial charge on any atom is 0.0500 e. The Hall–Kier alpha value is -0.960. The van der Waals surface area contributed by atoms with Crippen LogP contribution in [-0.2, 0) is 0 Å². The van der Waals surface area contributed by atoms with Gasteiger partial charge in [-0.25, -0.2) is 0 Å². The SMILES string of the molecule is C#CC1(C)C=CC(C)=CC1. The molecule has 0 saturated heterocycles. The number of allylic oxidation sites excluding steroid dienone is 4. The van der Waals surface area contributed by atoms with Gasteiger partial charge in [-0.2, -0.15) is 0 Å². The van der Waals surface area contributed by atoms with Gasteiger partial charge in [-0.05, 0) is 20.3 Å². The van der Waals surface area contributed by atoms with E-state index in [1.54, 1.807) is 0 Å². The van der Waals surface area contributed by atoms with Gasteiger partial charge in [0, 0.05) is 0 Å². The second kappa shape index (κ2) is 2.34. The number of rotatable bonds is 0. The third kappa shape index (κ3) is 1.30. The second-order valence-electron chi connectivity index (χ2n) is 3.05. The van der Waals surface area contributed by atoms with Crippen molar-refractivity contribution in [3.8, 4) is 12.3 Å². The summed E-state index contributed by atoms with van der Waals surface area (Å²) in [6, 6.07) is 0. The molecule has 0 saturated carbocycles. The lowest BCUT2D eigenvalue weighted by Gasteiger charge is -2.20. The van der Waals surface area contributed by atoms with Gasteiger partial charge in [-0.3, -0.25) is 0 Å². The van der Waals surface area contributed by atoms with E-state index in [1.807, 2.05) is 0 Å². The fourth-order valence-electron chi connectivity index (χ4n) is 0.931. The van der Waals surface area contributed by atoms with Gasteiger partial charge in [0.05, 0.1) is 5.41 Å². The average molecular weight is 132 g/mol. The van der Waals surface area contributed by atoms with Crippen molar-refractivity contribution in [2.45, 2.75) is 20.3 Å². The van der Waals surface area contributed by atoms with Crippen molar-refractivity contribution in [3.63, 3.8) is 0 Å². The van der Waals surface area contributed by atoms with E-state index in [2.05, 4.69) is 38.0 Å². The van der Waals surface area contributed by atoms with Crippen molar-refractivity contribution in [2.24, 2.45) is 5.41 Å². The van der Waals surface area contributed by atoms with Crippen molar-refractivity contribution < 1.29 is 0 Å². The van der Waals surface area contributed by atoms with Crippen LogP contribution in [0.5, 0.6) is 0 Å². The van der Waals surface area contributed by atoms with Gasteiger partial charge in [0.2, 0.25) is 0 Å². The molecule has 1 aliphatic carbocycles. The largest absolute Gasteiger partial charge is 0.119 e. The highest BCUT2D eigenvalue weighted by Crippen LogP contribution is 2.27. The van der Waals surface area contributed by atoms with Crippen molar-refractivity contribution in [1.82, 2.24) is 0 Å². The molecule has 0 aromatic rings. The van der Waals surface area contributed by atoms with Gasteiger partial charge in [0.1, 0.15) is 0 Å². The molecule has 1 unspecified atom stereocenters. The minimum Gasteiger partial charge on any atom is -0.119 e. The Morgan fingerprint density at radius 1 is 1.70 bits per heavy atom. The fraction of sp³-hybridized carbons (Fsp3) is 0.400. The van der Waals surface area contributed by atoms with Crippen molar-refractivity contribution >= 4 is 0 Å². The molecular formula is C10H12. The van der Waals surface area contributed by atoms with Crippen LogP contribution in [0.2, 0.25) is 0 Å². The highest BCUT2D eigenvalue weighted by atomic mass is 14.2. The molecule has 10 heavy (non-hydrogen) atoms. The van der Waals surface area contributed by atoms with Crippen LogP contribution >= 0.6 is 0 Å². The Labute approximate surface area is 62.6 Å². The average Bonchev–Trinajstić information content (AvgIpc) is 1.96. The maximum absolute atomic E-state index is 5.35. The predicted molar refractivity (Wildman–Crippen MR) is 44.5 cm³/mol. The smallest absolute Gasteiger partial charge is 0.0500 e. The molecule has 0 N–H and O–H groups in total.